The summed E-state index contributed by atoms with van der Waals surface area (Å²) in [5.41, 5.74) is 0. The molecule has 2 N–H and O–H groups in total. The molecule has 1 aromatic rings. The minimum atomic E-state index is -0.990. The Labute approximate surface area is 106 Å². The Hall–Kier alpha value is -1.85. The Balaban J connectivity index is 2.39. The molecule has 0 aliphatic carbocycles. The molecule has 1 atom stereocenters. The fourth-order valence-corrected chi connectivity index (χ4v) is 1.61. The predicted octanol–water partition coefficient (Wildman–Crippen LogP) is 0.889. The van der Waals surface area contributed by atoms with Crippen LogP contribution >= 0.6 is 0 Å². The second-order valence-corrected chi connectivity index (χ2v) is 4.61. The van der Waals surface area contributed by atoms with Gasteiger partial charge in [-0.2, -0.15) is 5.10 Å². The SMILES string of the molecule is CC(C)C[C@H](NC(=O)CCn1cccn1)C(=O)O. The maximum absolute atomic E-state index is 11.6. The van der Waals surface area contributed by atoms with Crippen LogP contribution in [0.4, 0.5) is 0 Å². The highest BCUT2D eigenvalue weighted by Gasteiger charge is 2.20. The van der Waals surface area contributed by atoms with Crippen molar-refractivity contribution < 1.29 is 14.7 Å². The molecule has 1 amide bonds. The lowest BCUT2D eigenvalue weighted by Crippen LogP contribution is -2.41. The first kappa shape index (κ1) is 14.2. The molecule has 0 unspecified atom stereocenters. The minimum Gasteiger partial charge on any atom is -0.480 e. The second-order valence-electron chi connectivity index (χ2n) is 4.61. The molecule has 0 radical (unpaired) electrons. The van der Waals surface area contributed by atoms with Crippen molar-refractivity contribution in [2.24, 2.45) is 5.92 Å². The van der Waals surface area contributed by atoms with Crippen LogP contribution in [0.15, 0.2) is 18.5 Å². The first-order chi connectivity index (χ1) is 8.49. The van der Waals surface area contributed by atoms with Gasteiger partial charge in [0.25, 0.3) is 0 Å². The molecule has 1 heterocycles. The zero-order chi connectivity index (χ0) is 13.5. The summed E-state index contributed by atoms with van der Waals surface area (Å²) in [6, 6.07) is 0.964. The lowest BCUT2D eigenvalue weighted by Gasteiger charge is -2.16. The van der Waals surface area contributed by atoms with Crippen LogP contribution in [0.2, 0.25) is 0 Å². The number of carbonyl (C=O) groups excluding carboxylic acids is 1. The summed E-state index contributed by atoms with van der Waals surface area (Å²) >= 11 is 0. The maximum Gasteiger partial charge on any atom is 0.326 e. The standard InChI is InChI=1S/C12H19N3O3/c1-9(2)8-10(12(17)18)14-11(16)4-7-15-6-3-5-13-15/h3,5-6,9-10H,4,7-8H2,1-2H3,(H,14,16)(H,17,18)/t10-/m0/s1. The van der Waals surface area contributed by atoms with Gasteiger partial charge in [-0.05, 0) is 18.4 Å². The van der Waals surface area contributed by atoms with Gasteiger partial charge in [-0.15, -0.1) is 0 Å². The summed E-state index contributed by atoms with van der Waals surface area (Å²) in [4.78, 5) is 22.6. The van der Waals surface area contributed by atoms with Crippen LogP contribution in [0.5, 0.6) is 0 Å². The number of nitrogens with one attached hydrogen (secondary N) is 1. The minimum absolute atomic E-state index is 0.220. The number of hydrogen-bond acceptors (Lipinski definition) is 3. The van der Waals surface area contributed by atoms with Gasteiger partial charge in [-0.1, -0.05) is 13.8 Å². The van der Waals surface area contributed by atoms with E-state index in [4.69, 9.17) is 5.11 Å². The van der Waals surface area contributed by atoms with Gasteiger partial charge >= 0.3 is 5.97 Å². The van der Waals surface area contributed by atoms with E-state index in [2.05, 4.69) is 10.4 Å². The van der Waals surface area contributed by atoms with E-state index in [1.807, 2.05) is 13.8 Å². The van der Waals surface area contributed by atoms with Crippen molar-refractivity contribution in [1.29, 1.82) is 0 Å². The first-order valence-electron chi connectivity index (χ1n) is 5.98. The van der Waals surface area contributed by atoms with Crippen LogP contribution < -0.4 is 5.32 Å². The summed E-state index contributed by atoms with van der Waals surface area (Å²) in [5, 5.41) is 15.5. The number of aryl methyl sites for hydroxylation is 1. The number of hydrogen-bond donors (Lipinski definition) is 2. The molecule has 0 saturated carbocycles. The third-order valence-corrected chi connectivity index (χ3v) is 2.47. The number of carboxylic acid groups (broad SMARTS) is 1. The van der Waals surface area contributed by atoms with E-state index in [1.54, 1.807) is 23.1 Å². The summed E-state index contributed by atoms with van der Waals surface area (Å²) in [6.07, 6.45) is 4.05. The third kappa shape index (κ3) is 4.99. The van der Waals surface area contributed by atoms with Gasteiger partial charge < -0.3 is 10.4 Å². The molecule has 6 nitrogen and oxygen atoms in total. The smallest absolute Gasteiger partial charge is 0.326 e. The van der Waals surface area contributed by atoms with E-state index < -0.39 is 12.0 Å². The number of aliphatic carboxylic acids is 1. The van der Waals surface area contributed by atoms with Crippen LogP contribution in [-0.4, -0.2) is 32.8 Å². The molecule has 1 aromatic heterocycles. The monoisotopic (exact) mass is 253 g/mol. The summed E-state index contributed by atoms with van der Waals surface area (Å²) in [7, 11) is 0. The maximum atomic E-state index is 11.6. The Bertz CT molecular complexity index is 387. The van der Waals surface area contributed by atoms with E-state index >= 15 is 0 Å². The van der Waals surface area contributed by atoms with E-state index in [9.17, 15) is 9.59 Å². The van der Waals surface area contributed by atoms with Crippen molar-refractivity contribution >= 4 is 11.9 Å². The molecule has 6 heteroatoms. The van der Waals surface area contributed by atoms with Crippen LogP contribution in [0, 0.1) is 5.92 Å². The molecule has 0 bridgehead atoms. The number of carbonyl (C=O) groups is 2. The first-order valence-corrected chi connectivity index (χ1v) is 5.98. The predicted molar refractivity (Wildman–Crippen MR) is 65.9 cm³/mol. The van der Waals surface area contributed by atoms with Crippen LogP contribution in [-0.2, 0) is 16.1 Å². The van der Waals surface area contributed by atoms with Crippen molar-refractivity contribution in [2.75, 3.05) is 0 Å². The number of nitrogens with zero attached hydrogens (tertiary/aromatic N) is 2. The van der Waals surface area contributed by atoms with E-state index in [0.29, 0.717) is 13.0 Å². The number of rotatable bonds is 7. The van der Waals surface area contributed by atoms with Gasteiger partial charge in [0.2, 0.25) is 5.91 Å². The van der Waals surface area contributed by atoms with Gasteiger partial charge in [-0.3, -0.25) is 9.48 Å². The van der Waals surface area contributed by atoms with Crippen LogP contribution in [0.25, 0.3) is 0 Å². The highest BCUT2D eigenvalue weighted by Crippen LogP contribution is 2.05. The highest BCUT2D eigenvalue weighted by atomic mass is 16.4. The van der Waals surface area contributed by atoms with Gasteiger partial charge in [-0.25, -0.2) is 4.79 Å². The number of carboxylic acids is 1. The van der Waals surface area contributed by atoms with Gasteiger partial charge in [0, 0.05) is 25.4 Å². The van der Waals surface area contributed by atoms with Crippen LogP contribution in [0.3, 0.4) is 0 Å². The average molecular weight is 253 g/mol. The van der Waals surface area contributed by atoms with E-state index in [0.717, 1.165) is 0 Å². The van der Waals surface area contributed by atoms with Crippen molar-refractivity contribution in [3.8, 4) is 0 Å². The molecule has 1 rings (SSSR count). The molecule has 0 saturated heterocycles. The van der Waals surface area contributed by atoms with Crippen molar-refractivity contribution in [3.63, 3.8) is 0 Å². The lowest BCUT2D eigenvalue weighted by atomic mass is 10.0. The highest BCUT2D eigenvalue weighted by molar-refractivity contribution is 5.83. The number of amides is 1. The molecular weight excluding hydrogens is 234 g/mol. The van der Waals surface area contributed by atoms with Gasteiger partial charge in [0.05, 0.1) is 0 Å². The van der Waals surface area contributed by atoms with Crippen molar-refractivity contribution in [2.45, 2.75) is 39.3 Å². The molecule has 0 aliphatic heterocycles. The zero-order valence-corrected chi connectivity index (χ0v) is 10.7. The molecule has 0 aromatic carbocycles. The Morgan fingerprint density at radius 3 is 2.67 bits per heavy atom. The molecule has 100 valence electrons. The Kier molecular flexibility index (Phi) is 5.35. The van der Waals surface area contributed by atoms with E-state index in [1.165, 1.54) is 0 Å². The summed E-state index contributed by atoms with van der Waals surface area (Å²) < 4.78 is 1.64. The van der Waals surface area contributed by atoms with E-state index in [-0.39, 0.29) is 18.2 Å². The lowest BCUT2D eigenvalue weighted by molar-refractivity contribution is -0.142. The summed E-state index contributed by atoms with van der Waals surface area (Å²) in [6.45, 7) is 4.30. The fraction of sp³-hybridized carbons (Fsp3) is 0.583. The largest absolute Gasteiger partial charge is 0.480 e. The molecule has 0 aliphatic rings. The molecular formula is C12H19N3O3. The topological polar surface area (TPSA) is 84.2 Å². The quantitative estimate of drug-likeness (QED) is 0.755. The Morgan fingerprint density at radius 1 is 1.44 bits per heavy atom. The molecule has 0 fully saturated rings. The van der Waals surface area contributed by atoms with Crippen molar-refractivity contribution in [3.05, 3.63) is 18.5 Å². The number of aromatic nitrogens is 2. The average Bonchev–Trinajstić information content (AvgIpc) is 2.77. The Morgan fingerprint density at radius 2 is 2.17 bits per heavy atom. The fourth-order valence-electron chi connectivity index (χ4n) is 1.61. The normalized spacial score (nSPS) is 12.4. The van der Waals surface area contributed by atoms with Gasteiger partial charge in [0.15, 0.2) is 0 Å². The van der Waals surface area contributed by atoms with Gasteiger partial charge in [0.1, 0.15) is 6.04 Å². The van der Waals surface area contributed by atoms with Crippen molar-refractivity contribution in [1.82, 2.24) is 15.1 Å². The molecule has 0 spiro atoms. The zero-order valence-electron chi connectivity index (χ0n) is 10.7. The second kappa shape index (κ2) is 6.78. The van der Waals surface area contributed by atoms with Crippen LogP contribution in [0.1, 0.15) is 26.7 Å². The molecule has 18 heavy (non-hydrogen) atoms. The summed E-state index contributed by atoms with van der Waals surface area (Å²) in [5.74, 6) is -1.03. The third-order valence-electron chi connectivity index (χ3n) is 2.47.